The smallest absolute Gasteiger partial charge is 0.191 e. The highest BCUT2D eigenvalue weighted by Gasteiger charge is 2.38. The summed E-state index contributed by atoms with van der Waals surface area (Å²) >= 11 is 0. The Morgan fingerprint density at radius 2 is 1.59 bits per heavy atom. The number of aryl methyl sites for hydroxylation is 3. The molecule has 1 unspecified atom stereocenters. The normalized spacial score (nSPS) is 19.2. The molecule has 3 heteroatoms. The molecule has 0 N–H and O–H groups in total. The van der Waals surface area contributed by atoms with Crippen molar-refractivity contribution in [3.05, 3.63) is 93.7 Å². The quantitative estimate of drug-likeness (QED) is 0.414. The van der Waals surface area contributed by atoms with E-state index in [9.17, 15) is 4.79 Å². The van der Waals surface area contributed by atoms with Crippen molar-refractivity contribution in [1.29, 1.82) is 0 Å². The lowest BCUT2D eigenvalue weighted by molar-refractivity contribution is 0.101. The summed E-state index contributed by atoms with van der Waals surface area (Å²) < 4.78 is 0. The second-order valence-corrected chi connectivity index (χ2v) is 9.91. The first-order valence-corrected chi connectivity index (χ1v) is 13.1. The molecular weight excluding hydrogens is 416 g/mol. The Balaban J connectivity index is 1.72. The predicted octanol–water partition coefficient (Wildman–Crippen LogP) is 6.68. The molecule has 2 aliphatic rings. The monoisotopic (exact) mass is 456 g/mol. The number of nitrogens with zero attached hydrogens (tertiary/aromatic N) is 2. The molecule has 0 radical (unpaired) electrons. The van der Waals surface area contributed by atoms with Crippen LogP contribution in [0, 0.1) is 6.92 Å². The molecule has 2 heterocycles. The van der Waals surface area contributed by atoms with Gasteiger partial charge in [-0.1, -0.05) is 74.9 Å². The number of rotatable bonds is 8. The minimum absolute atomic E-state index is 0.0812. The summed E-state index contributed by atoms with van der Waals surface area (Å²) in [6, 6.07) is 14.8. The zero-order chi connectivity index (χ0) is 24.2. The Morgan fingerprint density at radius 1 is 0.912 bits per heavy atom. The first-order valence-electron chi connectivity index (χ1n) is 13.1. The van der Waals surface area contributed by atoms with Crippen molar-refractivity contribution in [3.63, 3.8) is 0 Å². The first-order chi connectivity index (χ1) is 16.4. The fourth-order valence-electron chi connectivity index (χ4n) is 5.58. The maximum atomic E-state index is 13.9. The van der Waals surface area contributed by atoms with Crippen LogP contribution in [0.4, 0.5) is 0 Å². The molecular formula is C31H40N2O. The molecule has 180 valence electrons. The summed E-state index contributed by atoms with van der Waals surface area (Å²) in [6.45, 7) is 17.3. The lowest BCUT2D eigenvalue weighted by atomic mass is 9.89. The number of Topliss-reactive ketones (excluding diaryl/α,β-unsaturated/α-hetero) is 1. The molecule has 0 bridgehead atoms. The molecule has 0 aromatic heterocycles. The highest BCUT2D eigenvalue weighted by atomic mass is 16.1. The number of carbonyl (C=O) groups is 1. The number of hydrogen-bond acceptors (Lipinski definition) is 3. The van der Waals surface area contributed by atoms with E-state index in [1.54, 1.807) is 0 Å². The Bertz CT molecular complexity index is 1070. The Hall–Kier alpha value is -2.65. The van der Waals surface area contributed by atoms with Gasteiger partial charge in [-0.3, -0.25) is 4.79 Å². The van der Waals surface area contributed by atoms with Gasteiger partial charge in [0.15, 0.2) is 5.78 Å². The molecule has 2 aromatic rings. The largest absolute Gasteiger partial charge is 0.359 e. The van der Waals surface area contributed by atoms with Crippen LogP contribution >= 0.6 is 0 Å². The minimum atomic E-state index is -0.0812. The number of hydrogen-bond donors (Lipinski definition) is 0. The van der Waals surface area contributed by atoms with Gasteiger partial charge in [-0.05, 0) is 74.9 Å². The maximum absolute atomic E-state index is 13.9. The van der Waals surface area contributed by atoms with E-state index in [1.807, 2.05) is 24.3 Å². The summed E-state index contributed by atoms with van der Waals surface area (Å²) in [5.41, 5.74) is 8.84. The fraction of sp³-hybridized carbons (Fsp3) is 0.452. The zero-order valence-corrected chi connectivity index (χ0v) is 21.5. The van der Waals surface area contributed by atoms with Crippen LogP contribution < -0.4 is 0 Å². The number of piperidine rings is 1. The zero-order valence-electron chi connectivity index (χ0n) is 21.5. The van der Waals surface area contributed by atoms with Gasteiger partial charge in [0.05, 0.1) is 6.04 Å². The molecule has 3 nitrogen and oxygen atoms in total. The molecule has 0 saturated carbocycles. The van der Waals surface area contributed by atoms with Crippen molar-refractivity contribution in [1.82, 2.24) is 9.80 Å². The second kappa shape index (κ2) is 10.7. The standard InChI is InChI=1S/C31H40N2O/c1-6-25-15-16-28(21-26(25)7-2)30-29(31(34)27-13-11-22(3)12-14-27)23(4)24(5)33(30)20-19-32-17-9-8-10-18-32/h11-16,21,30H,5-10,17-20H2,1-4H3. The fourth-order valence-corrected chi connectivity index (χ4v) is 5.58. The van der Waals surface area contributed by atoms with Crippen molar-refractivity contribution >= 4 is 5.78 Å². The Morgan fingerprint density at radius 3 is 2.24 bits per heavy atom. The molecule has 1 atom stereocenters. The van der Waals surface area contributed by atoms with Gasteiger partial charge in [-0.15, -0.1) is 0 Å². The molecule has 4 rings (SSSR count). The molecule has 1 saturated heterocycles. The van der Waals surface area contributed by atoms with Crippen molar-refractivity contribution < 1.29 is 4.79 Å². The molecule has 0 amide bonds. The molecule has 2 aliphatic heterocycles. The van der Waals surface area contributed by atoms with E-state index in [0.29, 0.717) is 0 Å². The molecule has 1 fully saturated rings. The van der Waals surface area contributed by atoms with Crippen LogP contribution in [-0.2, 0) is 12.8 Å². The number of benzene rings is 2. The maximum Gasteiger partial charge on any atom is 0.191 e. The molecule has 0 spiro atoms. The lowest BCUT2D eigenvalue weighted by Gasteiger charge is -2.34. The van der Waals surface area contributed by atoms with E-state index in [4.69, 9.17) is 0 Å². The topological polar surface area (TPSA) is 23.6 Å². The van der Waals surface area contributed by atoms with E-state index in [1.165, 1.54) is 54.6 Å². The van der Waals surface area contributed by atoms with Gasteiger partial charge in [-0.25, -0.2) is 0 Å². The van der Waals surface area contributed by atoms with E-state index < -0.39 is 0 Å². The average Bonchev–Trinajstić information content (AvgIpc) is 3.12. The van der Waals surface area contributed by atoms with Crippen LogP contribution in [0.5, 0.6) is 0 Å². The predicted molar refractivity (Wildman–Crippen MR) is 142 cm³/mol. The van der Waals surface area contributed by atoms with Crippen LogP contribution in [0.15, 0.2) is 65.9 Å². The van der Waals surface area contributed by atoms with Crippen LogP contribution in [-0.4, -0.2) is 41.8 Å². The van der Waals surface area contributed by atoms with E-state index >= 15 is 0 Å². The molecule has 34 heavy (non-hydrogen) atoms. The lowest BCUT2D eigenvalue weighted by Crippen LogP contribution is -2.38. The van der Waals surface area contributed by atoms with Crippen LogP contribution in [0.1, 0.15) is 78.7 Å². The highest BCUT2D eigenvalue weighted by Crippen LogP contribution is 2.44. The number of carbonyl (C=O) groups excluding carboxylic acids is 1. The highest BCUT2D eigenvalue weighted by molar-refractivity contribution is 6.11. The van der Waals surface area contributed by atoms with Gasteiger partial charge < -0.3 is 9.80 Å². The first kappa shape index (κ1) is 24.5. The number of likely N-dealkylation sites (tertiary alicyclic amines) is 1. The molecule has 2 aromatic carbocycles. The SMILES string of the molecule is C=C1C(C)=C(C(=O)c2ccc(C)cc2)C(c2ccc(CC)c(CC)c2)N1CCN1CCCCC1. The van der Waals surface area contributed by atoms with Crippen molar-refractivity contribution in [2.75, 3.05) is 26.2 Å². The van der Waals surface area contributed by atoms with Gasteiger partial charge in [-0.2, -0.15) is 0 Å². The number of ketones is 1. The second-order valence-electron chi connectivity index (χ2n) is 9.91. The third-order valence-electron chi connectivity index (χ3n) is 7.74. The van der Waals surface area contributed by atoms with Crippen LogP contribution in [0.2, 0.25) is 0 Å². The van der Waals surface area contributed by atoms with Crippen molar-refractivity contribution in [2.24, 2.45) is 0 Å². The van der Waals surface area contributed by atoms with Gasteiger partial charge in [0.25, 0.3) is 0 Å². The minimum Gasteiger partial charge on any atom is -0.359 e. The third-order valence-corrected chi connectivity index (χ3v) is 7.74. The Labute approximate surface area is 206 Å². The van der Waals surface area contributed by atoms with E-state index in [-0.39, 0.29) is 11.8 Å². The van der Waals surface area contributed by atoms with Crippen LogP contribution in [0.3, 0.4) is 0 Å². The Kier molecular flexibility index (Phi) is 7.73. The van der Waals surface area contributed by atoms with Gasteiger partial charge in [0.1, 0.15) is 0 Å². The number of allylic oxidation sites excluding steroid dienone is 1. The summed E-state index contributed by atoms with van der Waals surface area (Å²) in [7, 11) is 0. The average molecular weight is 457 g/mol. The van der Waals surface area contributed by atoms with Gasteiger partial charge >= 0.3 is 0 Å². The van der Waals surface area contributed by atoms with E-state index in [2.05, 4.69) is 62.3 Å². The molecule has 0 aliphatic carbocycles. The van der Waals surface area contributed by atoms with E-state index in [0.717, 1.165) is 48.3 Å². The van der Waals surface area contributed by atoms with Gasteiger partial charge in [0.2, 0.25) is 0 Å². The summed E-state index contributed by atoms with van der Waals surface area (Å²) in [4.78, 5) is 18.9. The van der Waals surface area contributed by atoms with Crippen molar-refractivity contribution in [3.8, 4) is 0 Å². The summed E-state index contributed by atoms with van der Waals surface area (Å²) in [6.07, 6.45) is 5.95. The van der Waals surface area contributed by atoms with Crippen molar-refractivity contribution in [2.45, 2.75) is 65.8 Å². The summed E-state index contributed by atoms with van der Waals surface area (Å²) in [5, 5.41) is 0. The summed E-state index contributed by atoms with van der Waals surface area (Å²) in [5.74, 6) is 0.127. The van der Waals surface area contributed by atoms with Crippen LogP contribution in [0.25, 0.3) is 0 Å². The third kappa shape index (κ3) is 4.90. The van der Waals surface area contributed by atoms with Gasteiger partial charge in [0, 0.05) is 29.9 Å².